The van der Waals surface area contributed by atoms with Crippen LogP contribution in [0.1, 0.15) is 46.9 Å². The first-order valence-electron chi connectivity index (χ1n) is 8.88. The van der Waals surface area contributed by atoms with Crippen LogP contribution in [-0.2, 0) is 9.53 Å². The number of anilines is 1. The van der Waals surface area contributed by atoms with Crippen molar-refractivity contribution in [2.45, 2.75) is 26.2 Å². The van der Waals surface area contributed by atoms with E-state index in [2.05, 4.69) is 5.32 Å². The Labute approximate surface area is 168 Å². The molecule has 0 atom stereocenters. The van der Waals surface area contributed by atoms with Gasteiger partial charge in [0.05, 0.1) is 24.8 Å². The van der Waals surface area contributed by atoms with Gasteiger partial charge < -0.3 is 14.8 Å². The van der Waals surface area contributed by atoms with Crippen LogP contribution in [0.5, 0.6) is 5.75 Å². The van der Waals surface area contributed by atoms with E-state index >= 15 is 0 Å². The van der Waals surface area contributed by atoms with Gasteiger partial charge in [0.2, 0.25) is 5.91 Å². The Morgan fingerprint density at radius 3 is 2.39 bits per heavy atom. The quantitative estimate of drug-likeness (QED) is 0.491. The van der Waals surface area contributed by atoms with Gasteiger partial charge in [-0.3, -0.25) is 9.59 Å². The van der Waals surface area contributed by atoms with Crippen LogP contribution in [-0.4, -0.2) is 31.4 Å². The molecule has 28 heavy (non-hydrogen) atoms. The van der Waals surface area contributed by atoms with Crippen LogP contribution in [0.2, 0.25) is 5.02 Å². The normalized spacial score (nSPS) is 10.2. The van der Waals surface area contributed by atoms with Crippen LogP contribution < -0.4 is 10.1 Å². The van der Waals surface area contributed by atoms with Gasteiger partial charge in [0.25, 0.3) is 0 Å². The Kier molecular flexibility index (Phi) is 8.02. The van der Waals surface area contributed by atoms with Gasteiger partial charge in [0, 0.05) is 23.6 Å². The molecule has 0 fully saturated rings. The van der Waals surface area contributed by atoms with Crippen molar-refractivity contribution in [3.63, 3.8) is 0 Å². The zero-order valence-corrected chi connectivity index (χ0v) is 16.5. The maximum absolute atomic E-state index is 12.4. The highest BCUT2D eigenvalue weighted by molar-refractivity contribution is 6.31. The Morgan fingerprint density at radius 1 is 1.04 bits per heavy atom. The van der Waals surface area contributed by atoms with Crippen molar-refractivity contribution in [1.29, 1.82) is 0 Å². The molecule has 0 saturated heterocycles. The van der Waals surface area contributed by atoms with Gasteiger partial charge in [-0.1, -0.05) is 18.5 Å². The third-order valence-electron chi connectivity index (χ3n) is 3.88. The van der Waals surface area contributed by atoms with Crippen molar-refractivity contribution in [1.82, 2.24) is 0 Å². The summed E-state index contributed by atoms with van der Waals surface area (Å²) in [7, 11) is 1.47. The number of ketones is 1. The molecule has 2 aromatic rings. The summed E-state index contributed by atoms with van der Waals surface area (Å²) in [5.74, 6) is -0.527. The van der Waals surface area contributed by atoms with E-state index in [1.54, 1.807) is 36.4 Å². The van der Waals surface area contributed by atoms with Gasteiger partial charge in [0.1, 0.15) is 5.75 Å². The Hall–Kier alpha value is -2.86. The highest BCUT2D eigenvalue weighted by Gasteiger charge is 2.15. The van der Waals surface area contributed by atoms with Crippen LogP contribution >= 0.6 is 11.6 Å². The molecule has 148 valence electrons. The number of carbonyl (C=O) groups excluding carboxylic acids is 3. The van der Waals surface area contributed by atoms with E-state index in [1.165, 1.54) is 13.2 Å². The standard InChI is InChI=1S/C21H22ClNO5/c1-3-12-28-21(26)14-4-7-16(8-5-14)23-20(25)11-9-18(24)17-13-15(22)6-10-19(17)27-2/h4-8,10,13H,3,9,11-12H2,1-2H3,(H,23,25). The third-order valence-corrected chi connectivity index (χ3v) is 4.12. The number of Topliss-reactive ketones (excluding diaryl/α,β-unsaturated/α-hetero) is 1. The molecule has 2 rings (SSSR count). The van der Waals surface area contributed by atoms with E-state index in [0.717, 1.165) is 6.42 Å². The molecule has 0 aromatic heterocycles. The molecule has 0 unspecified atom stereocenters. The third kappa shape index (κ3) is 6.09. The van der Waals surface area contributed by atoms with Crippen molar-refractivity contribution >= 4 is 34.9 Å². The molecule has 0 aliphatic carbocycles. The number of carbonyl (C=O) groups is 3. The second-order valence-corrected chi connectivity index (χ2v) is 6.47. The van der Waals surface area contributed by atoms with Crippen molar-refractivity contribution in [2.75, 3.05) is 19.0 Å². The number of methoxy groups -OCH3 is 1. The summed E-state index contributed by atoms with van der Waals surface area (Å²) in [6, 6.07) is 11.2. The number of benzene rings is 2. The number of hydrogen-bond donors (Lipinski definition) is 1. The van der Waals surface area contributed by atoms with Crippen molar-refractivity contribution in [2.24, 2.45) is 0 Å². The summed E-state index contributed by atoms with van der Waals surface area (Å²) >= 11 is 5.93. The molecule has 6 nitrogen and oxygen atoms in total. The Morgan fingerprint density at radius 2 is 1.75 bits per heavy atom. The molecule has 0 heterocycles. The first kappa shape index (κ1) is 21.4. The zero-order valence-electron chi connectivity index (χ0n) is 15.8. The smallest absolute Gasteiger partial charge is 0.338 e. The highest BCUT2D eigenvalue weighted by Crippen LogP contribution is 2.24. The van der Waals surface area contributed by atoms with E-state index in [-0.39, 0.29) is 24.5 Å². The van der Waals surface area contributed by atoms with Crippen LogP contribution in [0.3, 0.4) is 0 Å². The molecule has 0 aliphatic heterocycles. The van der Waals surface area contributed by atoms with Crippen molar-refractivity contribution < 1.29 is 23.9 Å². The van der Waals surface area contributed by atoms with Gasteiger partial charge in [-0.2, -0.15) is 0 Å². The molecular weight excluding hydrogens is 382 g/mol. The van der Waals surface area contributed by atoms with Crippen LogP contribution in [0.4, 0.5) is 5.69 Å². The minimum Gasteiger partial charge on any atom is -0.496 e. The lowest BCUT2D eigenvalue weighted by Gasteiger charge is -2.09. The van der Waals surface area contributed by atoms with Gasteiger partial charge in [0.15, 0.2) is 5.78 Å². The number of hydrogen-bond acceptors (Lipinski definition) is 5. The van der Waals surface area contributed by atoms with Gasteiger partial charge in [-0.25, -0.2) is 4.79 Å². The van der Waals surface area contributed by atoms with Gasteiger partial charge in [-0.05, 0) is 48.9 Å². The second kappa shape index (κ2) is 10.5. The van der Waals surface area contributed by atoms with E-state index in [0.29, 0.717) is 34.2 Å². The molecular formula is C21H22ClNO5. The lowest BCUT2D eigenvalue weighted by atomic mass is 10.1. The summed E-state index contributed by atoms with van der Waals surface area (Å²) in [5.41, 5.74) is 1.29. The SMILES string of the molecule is CCCOC(=O)c1ccc(NC(=O)CCC(=O)c2cc(Cl)ccc2OC)cc1. The molecule has 1 amide bonds. The van der Waals surface area contributed by atoms with E-state index in [1.807, 2.05) is 6.92 Å². The van der Waals surface area contributed by atoms with E-state index in [4.69, 9.17) is 21.1 Å². The largest absolute Gasteiger partial charge is 0.496 e. The predicted octanol–water partition coefficient (Wildman–Crippen LogP) is 4.52. The fraction of sp³-hybridized carbons (Fsp3) is 0.286. The average Bonchev–Trinajstić information content (AvgIpc) is 2.70. The lowest BCUT2D eigenvalue weighted by molar-refractivity contribution is -0.116. The number of amides is 1. The first-order chi connectivity index (χ1) is 13.4. The number of esters is 1. The number of ether oxygens (including phenoxy) is 2. The molecule has 0 aliphatic rings. The van der Waals surface area contributed by atoms with Crippen LogP contribution in [0.25, 0.3) is 0 Å². The maximum Gasteiger partial charge on any atom is 0.338 e. The summed E-state index contributed by atoms with van der Waals surface area (Å²) in [6.07, 6.45) is 0.776. The minimum atomic E-state index is -0.402. The zero-order chi connectivity index (χ0) is 20.5. The lowest BCUT2D eigenvalue weighted by Crippen LogP contribution is -2.14. The van der Waals surface area contributed by atoms with Crippen LogP contribution in [0.15, 0.2) is 42.5 Å². The number of halogens is 1. The number of rotatable bonds is 9. The monoisotopic (exact) mass is 403 g/mol. The Bertz CT molecular complexity index is 848. The molecule has 2 aromatic carbocycles. The summed E-state index contributed by atoms with van der Waals surface area (Å²) < 4.78 is 10.2. The minimum absolute atomic E-state index is 0.00872. The molecule has 0 saturated carbocycles. The maximum atomic E-state index is 12.4. The molecule has 0 spiro atoms. The number of nitrogens with one attached hydrogen (secondary N) is 1. The second-order valence-electron chi connectivity index (χ2n) is 6.03. The van der Waals surface area contributed by atoms with E-state index < -0.39 is 5.97 Å². The predicted molar refractivity (Wildman–Crippen MR) is 107 cm³/mol. The molecule has 1 N–H and O–H groups in total. The summed E-state index contributed by atoms with van der Waals surface area (Å²) in [4.78, 5) is 36.2. The molecule has 0 radical (unpaired) electrons. The first-order valence-corrected chi connectivity index (χ1v) is 9.26. The fourth-order valence-electron chi connectivity index (χ4n) is 2.45. The average molecular weight is 404 g/mol. The van der Waals surface area contributed by atoms with Crippen LogP contribution in [0, 0.1) is 0 Å². The summed E-state index contributed by atoms with van der Waals surface area (Å²) in [5, 5.41) is 3.12. The van der Waals surface area contributed by atoms with Gasteiger partial charge in [-0.15, -0.1) is 0 Å². The fourth-order valence-corrected chi connectivity index (χ4v) is 2.62. The highest BCUT2D eigenvalue weighted by atomic mass is 35.5. The summed E-state index contributed by atoms with van der Waals surface area (Å²) in [6.45, 7) is 2.28. The molecule has 0 bridgehead atoms. The Balaban J connectivity index is 1.89. The van der Waals surface area contributed by atoms with Crippen molar-refractivity contribution in [3.8, 4) is 5.75 Å². The topological polar surface area (TPSA) is 81.7 Å². The van der Waals surface area contributed by atoms with Gasteiger partial charge >= 0.3 is 5.97 Å². The molecule has 7 heteroatoms. The van der Waals surface area contributed by atoms with Crippen molar-refractivity contribution in [3.05, 3.63) is 58.6 Å². The van der Waals surface area contributed by atoms with E-state index in [9.17, 15) is 14.4 Å².